The fourth-order valence-corrected chi connectivity index (χ4v) is 1.91. The molecule has 2 N–H and O–H groups in total. The molecular weight excluding hydrogens is 230 g/mol. The Morgan fingerprint density at radius 3 is 2.85 bits per heavy atom. The molecule has 0 saturated heterocycles. The predicted molar refractivity (Wildman–Crippen MR) is 57.4 cm³/mol. The Kier molecular flexibility index (Phi) is 3.90. The summed E-state index contributed by atoms with van der Waals surface area (Å²) in [4.78, 5) is 4.63. The number of hydrogen-bond acceptors (Lipinski definition) is 2. The maximum atomic E-state index is 5.04. The molecule has 3 heteroatoms. The van der Waals surface area contributed by atoms with E-state index in [-0.39, 0.29) is 0 Å². The molecule has 2 nitrogen and oxygen atoms in total. The van der Waals surface area contributed by atoms with Gasteiger partial charge in [0.05, 0.1) is 6.61 Å². The van der Waals surface area contributed by atoms with Crippen LogP contribution in [0.1, 0.15) is 24.0 Å². The molecule has 0 amide bonds. The highest BCUT2D eigenvalue weighted by Crippen LogP contribution is 2.25. The van der Waals surface area contributed by atoms with Gasteiger partial charge in [0.1, 0.15) is 0 Å². The van der Waals surface area contributed by atoms with Crippen LogP contribution in [0.2, 0.25) is 0 Å². The number of aryl methyl sites for hydroxylation is 1. The quantitative estimate of drug-likeness (QED) is 0.829. The van der Waals surface area contributed by atoms with Crippen LogP contribution in [0.4, 0.5) is 0 Å². The van der Waals surface area contributed by atoms with Gasteiger partial charge in [0.25, 0.3) is 0 Å². The van der Waals surface area contributed by atoms with Crippen molar-refractivity contribution >= 4 is 15.9 Å². The van der Waals surface area contributed by atoms with E-state index in [1.807, 2.05) is 0 Å². The van der Waals surface area contributed by atoms with E-state index in [1.165, 1.54) is 11.1 Å². The zero-order valence-corrected chi connectivity index (χ0v) is 9.47. The molecule has 1 aromatic carbocycles. The van der Waals surface area contributed by atoms with Crippen LogP contribution in [-0.4, -0.2) is 6.61 Å². The molecule has 0 saturated carbocycles. The van der Waals surface area contributed by atoms with Crippen LogP contribution in [0.3, 0.4) is 0 Å². The lowest BCUT2D eigenvalue weighted by Crippen LogP contribution is -2.09. The Labute approximate surface area is 87.2 Å². The highest BCUT2D eigenvalue weighted by atomic mass is 79.9. The van der Waals surface area contributed by atoms with E-state index in [0.717, 1.165) is 4.47 Å². The molecule has 1 atom stereocenters. The Bertz CT molecular complexity index is 288. The van der Waals surface area contributed by atoms with Gasteiger partial charge in [-0.3, -0.25) is 0 Å². The molecule has 1 aromatic rings. The average Bonchev–Trinajstić information content (AvgIpc) is 2.09. The molecular formula is C10H14BrNO. The number of halogens is 1. The maximum Gasteiger partial charge on any atom is 0.0745 e. The first-order valence-corrected chi connectivity index (χ1v) is 5.02. The minimum Gasteiger partial charge on any atom is -0.304 e. The molecule has 13 heavy (non-hydrogen) atoms. The van der Waals surface area contributed by atoms with E-state index in [1.54, 1.807) is 0 Å². The van der Waals surface area contributed by atoms with E-state index in [0.29, 0.717) is 12.5 Å². The van der Waals surface area contributed by atoms with Gasteiger partial charge < -0.3 is 4.84 Å². The largest absolute Gasteiger partial charge is 0.304 e. The van der Waals surface area contributed by atoms with Gasteiger partial charge >= 0.3 is 0 Å². The fourth-order valence-electron chi connectivity index (χ4n) is 1.27. The number of rotatable bonds is 3. The first kappa shape index (κ1) is 10.7. The topological polar surface area (TPSA) is 35.2 Å². The van der Waals surface area contributed by atoms with Crippen LogP contribution in [0.15, 0.2) is 22.7 Å². The number of nitrogens with two attached hydrogens (primary N) is 1. The Morgan fingerprint density at radius 2 is 2.23 bits per heavy atom. The Balaban J connectivity index is 2.91. The molecule has 0 heterocycles. The molecule has 0 bridgehead atoms. The lowest BCUT2D eigenvalue weighted by molar-refractivity contribution is 0.126. The third-order valence-corrected chi connectivity index (χ3v) is 2.75. The van der Waals surface area contributed by atoms with E-state index in [9.17, 15) is 0 Å². The first-order valence-electron chi connectivity index (χ1n) is 4.23. The first-order chi connectivity index (χ1) is 6.15. The van der Waals surface area contributed by atoms with E-state index >= 15 is 0 Å². The molecule has 0 aliphatic heterocycles. The van der Waals surface area contributed by atoms with Gasteiger partial charge in [0.2, 0.25) is 0 Å². The second-order valence-corrected chi connectivity index (χ2v) is 4.11. The normalized spacial score (nSPS) is 12.9. The van der Waals surface area contributed by atoms with Crippen molar-refractivity contribution in [1.82, 2.24) is 0 Å². The van der Waals surface area contributed by atoms with Gasteiger partial charge in [0, 0.05) is 10.4 Å². The van der Waals surface area contributed by atoms with Gasteiger partial charge in [-0.15, -0.1) is 0 Å². The van der Waals surface area contributed by atoms with Crippen molar-refractivity contribution in [3.63, 3.8) is 0 Å². The van der Waals surface area contributed by atoms with Crippen LogP contribution >= 0.6 is 15.9 Å². The highest BCUT2D eigenvalue weighted by Gasteiger charge is 2.08. The summed E-state index contributed by atoms with van der Waals surface area (Å²) >= 11 is 3.50. The maximum absolute atomic E-state index is 5.04. The van der Waals surface area contributed by atoms with E-state index < -0.39 is 0 Å². The molecule has 0 aromatic heterocycles. The molecule has 0 aliphatic carbocycles. The van der Waals surface area contributed by atoms with Crippen molar-refractivity contribution in [2.24, 2.45) is 5.90 Å². The SMILES string of the molecule is Cc1ccc(Br)c(C(C)CON)c1. The van der Waals surface area contributed by atoms with Gasteiger partial charge in [-0.1, -0.05) is 40.5 Å². The van der Waals surface area contributed by atoms with E-state index in [4.69, 9.17) is 5.90 Å². The van der Waals surface area contributed by atoms with Crippen molar-refractivity contribution < 1.29 is 4.84 Å². The van der Waals surface area contributed by atoms with Crippen molar-refractivity contribution in [3.8, 4) is 0 Å². The van der Waals surface area contributed by atoms with Crippen molar-refractivity contribution in [2.45, 2.75) is 19.8 Å². The smallest absolute Gasteiger partial charge is 0.0745 e. The molecule has 0 radical (unpaired) electrons. The van der Waals surface area contributed by atoms with Crippen molar-refractivity contribution in [1.29, 1.82) is 0 Å². The summed E-state index contributed by atoms with van der Waals surface area (Å²) in [5, 5.41) is 0. The minimum absolute atomic E-state index is 0.319. The van der Waals surface area contributed by atoms with Crippen molar-refractivity contribution in [2.75, 3.05) is 6.61 Å². The summed E-state index contributed by atoms with van der Waals surface area (Å²) in [6.07, 6.45) is 0. The van der Waals surface area contributed by atoms with Crippen molar-refractivity contribution in [3.05, 3.63) is 33.8 Å². The fraction of sp³-hybridized carbons (Fsp3) is 0.400. The second-order valence-electron chi connectivity index (χ2n) is 3.26. The second kappa shape index (κ2) is 4.74. The lowest BCUT2D eigenvalue weighted by atomic mass is 10.0. The summed E-state index contributed by atoms with van der Waals surface area (Å²) in [5.74, 6) is 5.36. The Morgan fingerprint density at radius 1 is 1.54 bits per heavy atom. The summed E-state index contributed by atoms with van der Waals surface area (Å²) in [7, 11) is 0. The van der Waals surface area contributed by atoms with E-state index in [2.05, 4.69) is 52.8 Å². The molecule has 1 unspecified atom stereocenters. The monoisotopic (exact) mass is 243 g/mol. The van der Waals surface area contributed by atoms with Crippen LogP contribution in [0.5, 0.6) is 0 Å². The summed E-state index contributed by atoms with van der Waals surface area (Å²) in [5.41, 5.74) is 2.49. The van der Waals surface area contributed by atoms with Gasteiger partial charge in [-0.05, 0) is 18.6 Å². The predicted octanol–water partition coefficient (Wildman–Crippen LogP) is 2.75. The highest BCUT2D eigenvalue weighted by molar-refractivity contribution is 9.10. The molecule has 0 spiro atoms. The van der Waals surface area contributed by atoms with Crippen LogP contribution in [0.25, 0.3) is 0 Å². The molecule has 0 aliphatic rings. The van der Waals surface area contributed by atoms with Gasteiger partial charge in [0.15, 0.2) is 0 Å². The lowest BCUT2D eigenvalue weighted by Gasteiger charge is -2.12. The Hall–Kier alpha value is -0.380. The molecule has 1 rings (SSSR count). The summed E-state index contributed by atoms with van der Waals surface area (Å²) in [6.45, 7) is 4.71. The van der Waals surface area contributed by atoms with Crippen LogP contribution < -0.4 is 5.90 Å². The zero-order chi connectivity index (χ0) is 9.84. The summed E-state index contributed by atoms with van der Waals surface area (Å²) in [6, 6.07) is 6.27. The third kappa shape index (κ3) is 2.79. The number of benzene rings is 1. The van der Waals surface area contributed by atoms with Gasteiger partial charge in [-0.25, -0.2) is 5.90 Å². The number of hydrogen-bond donors (Lipinski definition) is 1. The molecule has 72 valence electrons. The van der Waals surface area contributed by atoms with Crippen LogP contribution in [0, 0.1) is 6.92 Å². The standard InChI is InChI=1S/C10H14BrNO/c1-7-3-4-10(11)9(5-7)8(2)6-13-12/h3-5,8H,6,12H2,1-2H3. The molecule has 0 fully saturated rings. The minimum atomic E-state index is 0.319. The zero-order valence-electron chi connectivity index (χ0n) is 7.88. The van der Waals surface area contributed by atoms with Crippen LogP contribution in [-0.2, 0) is 4.84 Å². The van der Waals surface area contributed by atoms with Gasteiger partial charge in [-0.2, -0.15) is 0 Å². The average molecular weight is 244 g/mol. The summed E-state index contributed by atoms with van der Waals surface area (Å²) < 4.78 is 1.11. The third-order valence-electron chi connectivity index (χ3n) is 2.03.